The summed E-state index contributed by atoms with van der Waals surface area (Å²) in [5.74, 6) is 0.930. The van der Waals surface area contributed by atoms with E-state index in [1.165, 1.54) is 32.1 Å². The van der Waals surface area contributed by atoms with Gasteiger partial charge in [0.2, 0.25) is 0 Å². The SMILES string of the molecule is c1cc2[nH]nc(-c3cnn(CCN4CCOCC4)c3)c2c(NC2CCCCC2)n1. The van der Waals surface area contributed by atoms with Crippen LogP contribution in [-0.2, 0) is 11.3 Å². The number of ether oxygens (including phenoxy) is 1. The van der Waals surface area contributed by atoms with Crippen LogP contribution in [0.3, 0.4) is 0 Å². The van der Waals surface area contributed by atoms with Crippen molar-refractivity contribution in [2.75, 3.05) is 38.2 Å². The highest BCUT2D eigenvalue weighted by molar-refractivity contribution is 6.00. The van der Waals surface area contributed by atoms with E-state index in [2.05, 4.69) is 36.7 Å². The number of H-pyrrole nitrogens is 1. The van der Waals surface area contributed by atoms with Crippen LogP contribution in [0.4, 0.5) is 5.82 Å². The summed E-state index contributed by atoms with van der Waals surface area (Å²) in [6.07, 6.45) is 12.2. The lowest BCUT2D eigenvalue weighted by Crippen LogP contribution is -2.38. The monoisotopic (exact) mass is 395 g/mol. The topological polar surface area (TPSA) is 83.9 Å². The lowest BCUT2D eigenvalue weighted by atomic mass is 9.95. The number of nitrogens with zero attached hydrogens (tertiary/aromatic N) is 5. The normalized spacial score (nSPS) is 19.0. The number of hydrogen-bond acceptors (Lipinski definition) is 6. The van der Waals surface area contributed by atoms with Crippen molar-refractivity contribution in [2.24, 2.45) is 0 Å². The van der Waals surface area contributed by atoms with Crippen molar-refractivity contribution in [3.8, 4) is 11.3 Å². The van der Waals surface area contributed by atoms with Gasteiger partial charge in [-0.15, -0.1) is 0 Å². The first-order valence-electron chi connectivity index (χ1n) is 10.8. The minimum absolute atomic E-state index is 0.501. The van der Waals surface area contributed by atoms with Gasteiger partial charge in [-0.25, -0.2) is 4.98 Å². The fourth-order valence-corrected chi connectivity index (χ4v) is 4.40. The predicted molar refractivity (Wildman–Crippen MR) is 113 cm³/mol. The molecule has 0 unspecified atom stereocenters. The van der Waals surface area contributed by atoms with Crippen LogP contribution in [0.25, 0.3) is 22.2 Å². The molecule has 29 heavy (non-hydrogen) atoms. The molecule has 8 heteroatoms. The Morgan fingerprint density at radius 3 is 2.86 bits per heavy atom. The standard InChI is InChI=1S/C21H29N7O/c1-2-4-17(5-3-1)24-21-19-18(6-7-22-21)25-26-20(19)16-14-23-28(15-16)9-8-27-10-12-29-13-11-27/h6-7,14-15,17H,1-5,8-13H2,(H,22,24)(H,25,26). The van der Waals surface area contributed by atoms with E-state index in [1.807, 2.05) is 23.1 Å². The third-order valence-corrected chi connectivity index (χ3v) is 6.08. The minimum atomic E-state index is 0.501. The average Bonchev–Trinajstić information content (AvgIpc) is 3.41. The van der Waals surface area contributed by atoms with E-state index in [1.54, 1.807) is 0 Å². The summed E-state index contributed by atoms with van der Waals surface area (Å²) in [6, 6.07) is 2.49. The number of anilines is 1. The van der Waals surface area contributed by atoms with Crippen LogP contribution in [0.15, 0.2) is 24.7 Å². The number of fused-ring (bicyclic) bond motifs is 1. The molecule has 2 fully saturated rings. The Hall–Kier alpha value is -2.45. The second-order valence-corrected chi connectivity index (χ2v) is 8.08. The molecule has 0 amide bonds. The third kappa shape index (κ3) is 4.13. The quantitative estimate of drug-likeness (QED) is 0.668. The predicted octanol–water partition coefficient (Wildman–Crippen LogP) is 2.90. The van der Waals surface area contributed by atoms with Gasteiger partial charge >= 0.3 is 0 Å². The Kier molecular flexibility index (Phi) is 5.45. The van der Waals surface area contributed by atoms with Gasteiger partial charge in [-0.3, -0.25) is 14.7 Å². The number of hydrogen-bond donors (Lipinski definition) is 2. The van der Waals surface area contributed by atoms with Crippen LogP contribution in [-0.4, -0.2) is 68.8 Å². The number of morpholine rings is 1. The minimum Gasteiger partial charge on any atom is -0.379 e. The number of rotatable bonds is 6. The number of aromatic nitrogens is 5. The Labute approximate surface area is 170 Å². The lowest BCUT2D eigenvalue weighted by Gasteiger charge is -2.26. The molecule has 1 aliphatic heterocycles. The molecule has 1 saturated carbocycles. The van der Waals surface area contributed by atoms with Crippen molar-refractivity contribution in [2.45, 2.75) is 44.7 Å². The number of pyridine rings is 1. The van der Waals surface area contributed by atoms with E-state index in [4.69, 9.17) is 4.74 Å². The molecule has 0 radical (unpaired) electrons. The largest absolute Gasteiger partial charge is 0.379 e. The zero-order valence-corrected chi connectivity index (χ0v) is 16.8. The van der Waals surface area contributed by atoms with Crippen molar-refractivity contribution in [3.05, 3.63) is 24.7 Å². The number of nitrogens with one attached hydrogen (secondary N) is 2. The van der Waals surface area contributed by atoms with E-state index in [0.29, 0.717) is 6.04 Å². The molecule has 0 spiro atoms. The van der Waals surface area contributed by atoms with Crippen molar-refractivity contribution in [1.29, 1.82) is 0 Å². The first kappa shape index (κ1) is 18.6. The average molecular weight is 396 g/mol. The van der Waals surface area contributed by atoms with E-state index in [9.17, 15) is 0 Å². The van der Waals surface area contributed by atoms with Crippen LogP contribution in [0.2, 0.25) is 0 Å². The van der Waals surface area contributed by atoms with E-state index >= 15 is 0 Å². The van der Waals surface area contributed by atoms with Gasteiger partial charge in [0.05, 0.1) is 36.9 Å². The summed E-state index contributed by atoms with van der Waals surface area (Å²) in [6.45, 7) is 5.51. The Balaban J connectivity index is 1.35. The van der Waals surface area contributed by atoms with Crippen LogP contribution < -0.4 is 5.32 Å². The Bertz CT molecular complexity index is 938. The second kappa shape index (κ2) is 8.51. The van der Waals surface area contributed by atoms with Crippen molar-refractivity contribution >= 4 is 16.7 Å². The van der Waals surface area contributed by atoms with Crippen LogP contribution in [0.5, 0.6) is 0 Å². The molecule has 3 aromatic rings. The van der Waals surface area contributed by atoms with Crippen molar-refractivity contribution in [1.82, 2.24) is 29.9 Å². The molecule has 1 aliphatic carbocycles. The van der Waals surface area contributed by atoms with Gasteiger partial charge in [-0.1, -0.05) is 19.3 Å². The molecule has 154 valence electrons. The summed E-state index contributed by atoms with van der Waals surface area (Å²) in [5, 5.41) is 17.1. The van der Waals surface area contributed by atoms with Crippen LogP contribution >= 0.6 is 0 Å². The highest BCUT2D eigenvalue weighted by atomic mass is 16.5. The first-order chi connectivity index (χ1) is 14.4. The molecule has 2 aliphatic rings. The number of aromatic amines is 1. The summed E-state index contributed by atoms with van der Waals surface area (Å²) >= 11 is 0. The molecule has 0 aromatic carbocycles. The molecule has 1 saturated heterocycles. The van der Waals surface area contributed by atoms with Gasteiger partial charge in [0, 0.05) is 43.6 Å². The highest BCUT2D eigenvalue weighted by Gasteiger charge is 2.19. The molecule has 3 aromatic heterocycles. The van der Waals surface area contributed by atoms with E-state index < -0.39 is 0 Å². The third-order valence-electron chi connectivity index (χ3n) is 6.08. The fourth-order valence-electron chi connectivity index (χ4n) is 4.40. The summed E-state index contributed by atoms with van der Waals surface area (Å²) in [4.78, 5) is 7.07. The van der Waals surface area contributed by atoms with Gasteiger partial charge in [0.25, 0.3) is 0 Å². The molecule has 0 atom stereocenters. The second-order valence-electron chi connectivity index (χ2n) is 8.08. The van der Waals surface area contributed by atoms with Crippen molar-refractivity contribution in [3.63, 3.8) is 0 Å². The lowest BCUT2D eigenvalue weighted by molar-refractivity contribution is 0.0360. The molecule has 0 bridgehead atoms. The molecule has 2 N–H and O–H groups in total. The van der Waals surface area contributed by atoms with Crippen LogP contribution in [0.1, 0.15) is 32.1 Å². The maximum Gasteiger partial charge on any atom is 0.137 e. The van der Waals surface area contributed by atoms with Gasteiger partial charge in [0.15, 0.2) is 0 Å². The molecule has 8 nitrogen and oxygen atoms in total. The maximum absolute atomic E-state index is 5.42. The van der Waals surface area contributed by atoms with E-state index in [0.717, 1.165) is 67.4 Å². The van der Waals surface area contributed by atoms with Gasteiger partial charge < -0.3 is 10.1 Å². The molecule has 4 heterocycles. The zero-order valence-electron chi connectivity index (χ0n) is 16.8. The van der Waals surface area contributed by atoms with Gasteiger partial charge in [0.1, 0.15) is 11.5 Å². The highest BCUT2D eigenvalue weighted by Crippen LogP contribution is 2.32. The van der Waals surface area contributed by atoms with Gasteiger partial charge in [-0.2, -0.15) is 10.2 Å². The zero-order chi connectivity index (χ0) is 19.5. The van der Waals surface area contributed by atoms with Crippen LogP contribution in [0, 0.1) is 0 Å². The summed E-state index contributed by atoms with van der Waals surface area (Å²) in [7, 11) is 0. The Morgan fingerprint density at radius 2 is 2.00 bits per heavy atom. The van der Waals surface area contributed by atoms with Crippen molar-refractivity contribution < 1.29 is 4.74 Å². The summed E-state index contributed by atoms with van der Waals surface area (Å²) in [5.41, 5.74) is 2.95. The smallest absolute Gasteiger partial charge is 0.137 e. The molecular weight excluding hydrogens is 366 g/mol. The fraction of sp³-hybridized carbons (Fsp3) is 0.571. The Morgan fingerprint density at radius 1 is 1.14 bits per heavy atom. The first-order valence-corrected chi connectivity index (χ1v) is 10.8. The van der Waals surface area contributed by atoms with E-state index in [-0.39, 0.29) is 0 Å². The van der Waals surface area contributed by atoms with Gasteiger partial charge in [-0.05, 0) is 18.9 Å². The maximum atomic E-state index is 5.42. The molecule has 5 rings (SSSR count). The summed E-state index contributed by atoms with van der Waals surface area (Å²) < 4.78 is 7.43. The molecular formula is C21H29N7O.